The lowest BCUT2D eigenvalue weighted by Crippen LogP contribution is -2.58. The summed E-state index contributed by atoms with van der Waals surface area (Å²) in [4.78, 5) is 25.0. The summed E-state index contributed by atoms with van der Waals surface area (Å²) in [7, 11) is 0. The Kier molecular flexibility index (Phi) is 5.88. The summed E-state index contributed by atoms with van der Waals surface area (Å²) in [6.45, 7) is 6.09. The maximum atomic E-state index is 12.5. The molecule has 3 atom stereocenters. The minimum atomic E-state index is -0.781. The molecule has 0 aliphatic carbocycles. The number of ether oxygens (including phenoxy) is 2. The van der Waals surface area contributed by atoms with Crippen molar-refractivity contribution in [2.45, 2.75) is 39.3 Å². The lowest BCUT2D eigenvalue weighted by molar-refractivity contribution is -0.187. The van der Waals surface area contributed by atoms with Crippen LogP contribution in [-0.4, -0.2) is 37.0 Å². The van der Waals surface area contributed by atoms with Gasteiger partial charge in [0, 0.05) is 11.1 Å². The predicted molar refractivity (Wildman–Crippen MR) is 101 cm³/mol. The van der Waals surface area contributed by atoms with E-state index in [1.165, 1.54) is 0 Å². The first-order chi connectivity index (χ1) is 12.9. The van der Waals surface area contributed by atoms with Gasteiger partial charge < -0.3 is 20.1 Å². The van der Waals surface area contributed by atoms with Gasteiger partial charge in [0.15, 0.2) is 12.5 Å². The van der Waals surface area contributed by atoms with Crippen LogP contribution < -0.4 is 10.6 Å². The first-order valence-corrected chi connectivity index (χ1v) is 8.94. The molecule has 27 heavy (non-hydrogen) atoms. The van der Waals surface area contributed by atoms with Crippen LogP contribution in [0.1, 0.15) is 38.8 Å². The predicted octanol–water partition coefficient (Wildman–Crippen LogP) is 2.55. The molecular weight excluding hydrogens is 344 g/mol. The molecule has 2 aromatic carbocycles. The third-order valence-corrected chi connectivity index (χ3v) is 4.34. The summed E-state index contributed by atoms with van der Waals surface area (Å²) in [5.41, 5.74) is 3.18. The van der Waals surface area contributed by atoms with E-state index in [-0.39, 0.29) is 17.9 Å². The minimum absolute atomic E-state index is 0.194. The number of nitrogens with one attached hydrogen (secondary N) is 2. The number of hydrogen-bond acceptors (Lipinski definition) is 4. The molecule has 0 bridgehead atoms. The summed E-state index contributed by atoms with van der Waals surface area (Å²) < 4.78 is 11.5. The van der Waals surface area contributed by atoms with Crippen molar-refractivity contribution in [1.82, 2.24) is 10.6 Å². The fraction of sp³-hybridized carbons (Fsp3) is 0.333. The van der Waals surface area contributed by atoms with Crippen LogP contribution in [0, 0.1) is 13.8 Å². The smallest absolute Gasteiger partial charge is 0.253 e. The van der Waals surface area contributed by atoms with Crippen LogP contribution in [0.15, 0.2) is 48.5 Å². The standard InChI is InChI=1S/C21H24N2O4/c1-13-4-8-16(9-5-13)18(24)22-20-21(27-15(3)12-26-20)23-19(25)17-10-6-14(2)7-11-17/h4-11,15,20-21H,12H2,1-3H3,(H,22,24)(H,23,25). The van der Waals surface area contributed by atoms with E-state index in [0.29, 0.717) is 17.7 Å². The molecule has 6 heteroatoms. The Morgan fingerprint density at radius 1 is 0.815 bits per heavy atom. The van der Waals surface area contributed by atoms with Gasteiger partial charge in [0.05, 0.1) is 12.7 Å². The van der Waals surface area contributed by atoms with Crippen LogP contribution in [0.5, 0.6) is 0 Å². The molecule has 0 spiro atoms. The Labute approximate surface area is 158 Å². The molecular formula is C21H24N2O4. The minimum Gasteiger partial charge on any atom is -0.351 e. The van der Waals surface area contributed by atoms with E-state index in [4.69, 9.17) is 9.47 Å². The van der Waals surface area contributed by atoms with Gasteiger partial charge in [0.25, 0.3) is 11.8 Å². The quantitative estimate of drug-likeness (QED) is 0.870. The van der Waals surface area contributed by atoms with Crippen LogP contribution in [0.2, 0.25) is 0 Å². The van der Waals surface area contributed by atoms with E-state index in [2.05, 4.69) is 10.6 Å². The van der Waals surface area contributed by atoms with E-state index in [1.807, 2.05) is 45.0 Å². The number of carbonyl (C=O) groups is 2. The zero-order chi connectivity index (χ0) is 19.4. The lowest BCUT2D eigenvalue weighted by atomic mass is 10.1. The molecule has 3 rings (SSSR count). The number of benzene rings is 2. The molecule has 1 aliphatic rings. The highest BCUT2D eigenvalue weighted by Crippen LogP contribution is 2.14. The molecule has 2 amide bonds. The van der Waals surface area contributed by atoms with Crippen molar-refractivity contribution in [3.63, 3.8) is 0 Å². The Bertz CT molecular complexity index is 802. The summed E-state index contributed by atoms with van der Waals surface area (Å²) in [5.74, 6) is -0.569. The van der Waals surface area contributed by atoms with Crippen molar-refractivity contribution in [1.29, 1.82) is 0 Å². The molecule has 1 heterocycles. The third kappa shape index (κ3) is 4.93. The average Bonchev–Trinajstić information content (AvgIpc) is 2.65. The van der Waals surface area contributed by atoms with Crippen molar-refractivity contribution in [2.24, 2.45) is 0 Å². The maximum Gasteiger partial charge on any atom is 0.253 e. The van der Waals surface area contributed by atoms with Crippen molar-refractivity contribution in [2.75, 3.05) is 6.61 Å². The number of carbonyl (C=O) groups excluding carboxylic acids is 2. The van der Waals surface area contributed by atoms with Gasteiger partial charge in [-0.2, -0.15) is 0 Å². The zero-order valence-corrected chi connectivity index (χ0v) is 15.7. The average molecular weight is 368 g/mol. The number of hydrogen-bond donors (Lipinski definition) is 2. The van der Waals surface area contributed by atoms with Crippen molar-refractivity contribution >= 4 is 11.8 Å². The van der Waals surface area contributed by atoms with E-state index >= 15 is 0 Å². The molecule has 2 aromatic rings. The van der Waals surface area contributed by atoms with Gasteiger partial charge in [-0.3, -0.25) is 9.59 Å². The Morgan fingerprint density at radius 3 is 1.74 bits per heavy atom. The first-order valence-electron chi connectivity index (χ1n) is 8.94. The topological polar surface area (TPSA) is 76.7 Å². The molecule has 0 saturated carbocycles. The van der Waals surface area contributed by atoms with Gasteiger partial charge >= 0.3 is 0 Å². The fourth-order valence-electron chi connectivity index (χ4n) is 2.75. The first kappa shape index (κ1) is 19.1. The SMILES string of the molecule is Cc1ccc(C(=O)NC2OCC(C)OC2NC(=O)c2ccc(C)cc2)cc1. The zero-order valence-electron chi connectivity index (χ0n) is 15.7. The molecule has 6 nitrogen and oxygen atoms in total. The Hall–Kier alpha value is -2.70. The second-order valence-electron chi connectivity index (χ2n) is 6.80. The molecule has 3 unspecified atom stereocenters. The maximum absolute atomic E-state index is 12.5. The highest BCUT2D eigenvalue weighted by Gasteiger charge is 2.33. The van der Waals surface area contributed by atoms with Gasteiger partial charge in [0.2, 0.25) is 0 Å². The number of rotatable bonds is 4. The molecule has 1 fully saturated rings. The summed E-state index contributed by atoms with van der Waals surface area (Å²) in [6, 6.07) is 14.5. The normalized spacial score (nSPS) is 22.1. The molecule has 0 radical (unpaired) electrons. The van der Waals surface area contributed by atoms with Crippen molar-refractivity contribution < 1.29 is 19.1 Å². The summed E-state index contributed by atoms with van der Waals surface area (Å²) in [5, 5.41) is 5.59. The molecule has 142 valence electrons. The van der Waals surface area contributed by atoms with E-state index in [0.717, 1.165) is 11.1 Å². The van der Waals surface area contributed by atoms with Gasteiger partial charge in [0.1, 0.15) is 0 Å². The molecule has 1 aliphatic heterocycles. The second kappa shape index (κ2) is 8.33. The van der Waals surface area contributed by atoms with Gasteiger partial charge in [-0.05, 0) is 45.0 Å². The Morgan fingerprint density at radius 2 is 1.26 bits per heavy atom. The second-order valence-corrected chi connectivity index (χ2v) is 6.80. The molecule has 1 saturated heterocycles. The van der Waals surface area contributed by atoms with E-state index < -0.39 is 12.5 Å². The van der Waals surface area contributed by atoms with Crippen LogP contribution >= 0.6 is 0 Å². The van der Waals surface area contributed by atoms with E-state index in [9.17, 15) is 9.59 Å². The number of aryl methyl sites for hydroxylation is 2. The van der Waals surface area contributed by atoms with Crippen LogP contribution in [0.4, 0.5) is 0 Å². The third-order valence-electron chi connectivity index (χ3n) is 4.34. The monoisotopic (exact) mass is 368 g/mol. The fourth-order valence-corrected chi connectivity index (χ4v) is 2.75. The van der Waals surface area contributed by atoms with Crippen LogP contribution in [0.25, 0.3) is 0 Å². The Balaban J connectivity index is 1.69. The van der Waals surface area contributed by atoms with Crippen LogP contribution in [0.3, 0.4) is 0 Å². The summed E-state index contributed by atoms with van der Waals surface area (Å²) >= 11 is 0. The van der Waals surface area contributed by atoms with Crippen molar-refractivity contribution in [3.05, 3.63) is 70.8 Å². The summed E-state index contributed by atoms with van der Waals surface area (Å²) in [6.07, 6.45) is -1.75. The highest BCUT2D eigenvalue weighted by atomic mass is 16.6. The molecule has 2 N–H and O–H groups in total. The lowest BCUT2D eigenvalue weighted by Gasteiger charge is -2.35. The largest absolute Gasteiger partial charge is 0.351 e. The van der Waals surface area contributed by atoms with Gasteiger partial charge in [-0.25, -0.2) is 0 Å². The molecule has 0 aromatic heterocycles. The highest BCUT2D eigenvalue weighted by molar-refractivity contribution is 5.95. The van der Waals surface area contributed by atoms with E-state index in [1.54, 1.807) is 24.3 Å². The van der Waals surface area contributed by atoms with Gasteiger partial charge in [-0.1, -0.05) is 35.4 Å². The number of amides is 2. The van der Waals surface area contributed by atoms with Gasteiger partial charge in [-0.15, -0.1) is 0 Å². The van der Waals surface area contributed by atoms with Crippen LogP contribution in [-0.2, 0) is 9.47 Å². The van der Waals surface area contributed by atoms with Crippen molar-refractivity contribution in [3.8, 4) is 0 Å².